The van der Waals surface area contributed by atoms with Crippen LogP contribution in [-0.4, -0.2) is 43.5 Å². The normalized spacial score (nSPS) is 12.5. The molecule has 0 saturated heterocycles. The van der Waals surface area contributed by atoms with Gasteiger partial charge in [-0.1, -0.05) is 17.4 Å². The lowest BCUT2D eigenvalue weighted by Gasteiger charge is -2.27. The number of rotatable bonds is 10. The van der Waals surface area contributed by atoms with Crippen LogP contribution >= 0.6 is 18.9 Å². The largest absolute Gasteiger partial charge is 0.507 e. The summed E-state index contributed by atoms with van der Waals surface area (Å²) in [6, 6.07) is 9.76. The highest BCUT2D eigenvalue weighted by Crippen LogP contribution is 2.61. The van der Waals surface area contributed by atoms with Gasteiger partial charge in [-0.15, -0.1) is 0 Å². The molecule has 3 aromatic rings. The third-order valence-electron chi connectivity index (χ3n) is 4.53. The molecule has 0 fully saturated rings. The minimum atomic E-state index is -3.75. The molecule has 1 aromatic heterocycles. The van der Waals surface area contributed by atoms with Crippen LogP contribution in [0.1, 0.15) is 35.6 Å². The van der Waals surface area contributed by atoms with E-state index in [1.165, 1.54) is 30.6 Å². The number of ether oxygens (including phenoxy) is 2. The number of aromatic nitrogens is 1. The quantitative estimate of drug-likeness (QED) is 0.299. The van der Waals surface area contributed by atoms with E-state index in [0.717, 1.165) is 10.2 Å². The maximum Gasteiger partial charge on any atom is 0.357 e. The average molecular weight is 480 g/mol. The summed E-state index contributed by atoms with van der Waals surface area (Å²) in [4.78, 5) is 16.6. The Bertz CT molecular complexity index is 1140. The molecule has 0 aliphatic carbocycles. The van der Waals surface area contributed by atoms with Gasteiger partial charge in [-0.2, -0.15) is 0 Å². The second-order valence-electron chi connectivity index (χ2n) is 6.54. The van der Waals surface area contributed by atoms with Crippen molar-refractivity contribution in [2.24, 2.45) is 0 Å². The number of benzene rings is 2. The number of carbonyl (C=O) groups excluding carboxylic acids is 1. The number of methoxy groups -OCH3 is 2. The third kappa shape index (κ3) is 5.05. The van der Waals surface area contributed by atoms with Gasteiger partial charge in [0.05, 0.1) is 37.6 Å². The number of phenolic OH excluding ortho intramolecular Hbond substituents is 1. The van der Waals surface area contributed by atoms with E-state index in [4.69, 9.17) is 18.5 Å². The molecule has 0 bridgehead atoms. The number of hydrogen-bond acceptors (Lipinski definition) is 10. The van der Waals surface area contributed by atoms with Crippen molar-refractivity contribution >= 4 is 40.3 Å². The summed E-state index contributed by atoms with van der Waals surface area (Å²) in [5.41, 5.74) is 1.08. The first kappa shape index (κ1) is 24.0. The Labute approximate surface area is 189 Å². The van der Waals surface area contributed by atoms with E-state index >= 15 is 0 Å². The SMILES string of the molecule is CCOP(=O)(OCC)[C@@H](Nc1nc2ccc(OC)cc2s1)c1ccc(O)c(C(=O)OC)c1. The molecular weight excluding hydrogens is 455 g/mol. The molecule has 0 radical (unpaired) electrons. The molecule has 2 N–H and O–H groups in total. The molecule has 0 aliphatic rings. The van der Waals surface area contributed by atoms with Crippen molar-refractivity contribution < 1.29 is 33.0 Å². The molecule has 172 valence electrons. The summed E-state index contributed by atoms with van der Waals surface area (Å²) >= 11 is 1.34. The number of nitrogens with zero attached hydrogens (tertiary/aromatic N) is 1. The standard InChI is InChI=1S/C21H25N2O7PS/c1-5-29-31(26,30-6-2)19(13-7-10-17(24)15(11-13)20(25)28-4)23-21-22-16-9-8-14(27-3)12-18(16)32-21/h7-12,19,24H,5-6H2,1-4H3,(H,22,23)/t19-/m1/s1. The molecule has 11 heteroatoms. The van der Waals surface area contributed by atoms with Gasteiger partial charge < -0.3 is 28.9 Å². The fraction of sp³-hybridized carbons (Fsp3) is 0.333. The van der Waals surface area contributed by atoms with E-state index in [1.807, 2.05) is 12.1 Å². The molecule has 1 heterocycles. The van der Waals surface area contributed by atoms with Gasteiger partial charge in [-0.3, -0.25) is 4.57 Å². The Morgan fingerprint density at radius 1 is 1.16 bits per heavy atom. The summed E-state index contributed by atoms with van der Waals surface area (Å²) in [5, 5.41) is 13.7. The molecule has 0 amide bonds. The topological polar surface area (TPSA) is 116 Å². The highest BCUT2D eigenvalue weighted by Gasteiger charge is 2.38. The molecule has 9 nitrogen and oxygen atoms in total. The Balaban J connectivity index is 2.09. The highest BCUT2D eigenvalue weighted by atomic mass is 32.1. The number of aromatic hydroxyl groups is 1. The number of thiazole rings is 1. The van der Waals surface area contributed by atoms with E-state index in [0.29, 0.717) is 16.4 Å². The van der Waals surface area contributed by atoms with Gasteiger partial charge in [-0.25, -0.2) is 9.78 Å². The van der Waals surface area contributed by atoms with Crippen molar-refractivity contribution in [3.63, 3.8) is 0 Å². The summed E-state index contributed by atoms with van der Waals surface area (Å²) in [6.07, 6.45) is 0. The molecule has 0 aliphatic heterocycles. The van der Waals surface area contributed by atoms with Gasteiger partial charge in [0.15, 0.2) is 10.9 Å². The third-order valence-corrected chi connectivity index (χ3v) is 7.78. The van der Waals surface area contributed by atoms with Crippen LogP contribution in [-0.2, 0) is 18.3 Å². The lowest BCUT2D eigenvalue weighted by atomic mass is 10.1. The molecule has 2 aromatic carbocycles. The Morgan fingerprint density at radius 3 is 2.50 bits per heavy atom. The Morgan fingerprint density at radius 2 is 1.88 bits per heavy atom. The number of esters is 1. The first-order valence-corrected chi connectivity index (χ1v) is 12.3. The van der Waals surface area contributed by atoms with Crippen molar-refractivity contribution in [3.8, 4) is 11.5 Å². The number of nitrogens with one attached hydrogen (secondary N) is 1. The molecule has 32 heavy (non-hydrogen) atoms. The van der Waals surface area contributed by atoms with Crippen molar-refractivity contribution in [1.82, 2.24) is 4.98 Å². The maximum absolute atomic E-state index is 13.7. The second kappa shape index (κ2) is 10.3. The lowest BCUT2D eigenvalue weighted by molar-refractivity contribution is 0.0597. The molecule has 1 atom stereocenters. The monoisotopic (exact) mass is 480 g/mol. The summed E-state index contributed by atoms with van der Waals surface area (Å²) in [6.45, 7) is 3.72. The summed E-state index contributed by atoms with van der Waals surface area (Å²) in [7, 11) is -0.954. The van der Waals surface area contributed by atoms with Gasteiger partial charge in [0.1, 0.15) is 17.1 Å². The van der Waals surface area contributed by atoms with E-state index in [-0.39, 0.29) is 24.5 Å². The number of fused-ring (bicyclic) bond motifs is 1. The van der Waals surface area contributed by atoms with Crippen molar-refractivity contribution in [1.29, 1.82) is 0 Å². The average Bonchev–Trinajstić information content (AvgIpc) is 3.19. The fourth-order valence-corrected chi connectivity index (χ4v) is 6.01. The van der Waals surface area contributed by atoms with Crippen LogP contribution in [0.2, 0.25) is 0 Å². The van der Waals surface area contributed by atoms with Crippen LogP contribution in [0.25, 0.3) is 10.2 Å². The molecule has 3 rings (SSSR count). The van der Waals surface area contributed by atoms with Crippen molar-refractivity contribution in [2.75, 3.05) is 32.8 Å². The van der Waals surface area contributed by atoms with E-state index < -0.39 is 19.3 Å². The predicted molar refractivity (Wildman–Crippen MR) is 123 cm³/mol. The van der Waals surface area contributed by atoms with Gasteiger partial charge in [-0.05, 0) is 49.7 Å². The molecular formula is C21H25N2O7PS. The molecule has 0 spiro atoms. The van der Waals surface area contributed by atoms with Crippen molar-refractivity contribution in [2.45, 2.75) is 19.6 Å². The predicted octanol–water partition coefficient (Wildman–Crippen LogP) is 5.17. The first-order valence-electron chi connectivity index (χ1n) is 9.86. The molecule has 0 saturated carbocycles. The zero-order chi connectivity index (χ0) is 23.3. The van der Waals surface area contributed by atoms with Crippen LogP contribution < -0.4 is 10.1 Å². The van der Waals surface area contributed by atoms with Gasteiger partial charge >= 0.3 is 13.6 Å². The zero-order valence-electron chi connectivity index (χ0n) is 18.2. The number of hydrogen-bond donors (Lipinski definition) is 2. The van der Waals surface area contributed by atoms with Gasteiger partial charge in [0, 0.05) is 0 Å². The first-order chi connectivity index (χ1) is 15.3. The number of carbonyl (C=O) groups is 1. The minimum absolute atomic E-state index is 0.0645. The maximum atomic E-state index is 13.7. The fourth-order valence-electron chi connectivity index (χ4n) is 3.10. The number of anilines is 1. The minimum Gasteiger partial charge on any atom is -0.507 e. The van der Waals surface area contributed by atoms with Crippen LogP contribution in [0.3, 0.4) is 0 Å². The van der Waals surface area contributed by atoms with E-state index in [1.54, 1.807) is 33.1 Å². The smallest absolute Gasteiger partial charge is 0.357 e. The summed E-state index contributed by atoms with van der Waals surface area (Å²) < 4.78 is 35.8. The Hall–Kier alpha value is -2.65. The van der Waals surface area contributed by atoms with Crippen LogP contribution in [0.15, 0.2) is 36.4 Å². The lowest BCUT2D eigenvalue weighted by Crippen LogP contribution is -2.16. The van der Waals surface area contributed by atoms with Crippen LogP contribution in [0, 0.1) is 0 Å². The molecule has 0 unspecified atom stereocenters. The van der Waals surface area contributed by atoms with Crippen LogP contribution in [0.4, 0.5) is 5.13 Å². The second-order valence-corrected chi connectivity index (χ2v) is 9.69. The summed E-state index contributed by atoms with van der Waals surface area (Å²) in [5.74, 6) is -1.28. The number of phenols is 1. The van der Waals surface area contributed by atoms with E-state index in [2.05, 4.69) is 10.3 Å². The Kier molecular flexibility index (Phi) is 7.73. The van der Waals surface area contributed by atoms with Gasteiger partial charge in [0.2, 0.25) is 0 Å². The van der Waals surface area contributed by atoms with E-state index in [9.17, 15) is 14.5 Å². The zero-order valence-corrected chi connectivity index (χ0v) is 19.9. The van der Waals surface area contributed by atoms with Gasteiger partial charge in [0.25, 0.3) is 0 Å². The van der Waals surface area contributed by atoms with Crippen molar-refractivity contribution in [3.05, 3.63) is 47.5 Å². The van der Waals surface area contributed by atoms with Crippen LogP contribution in [0.5, 0.6) is 11.5 Å². The highest BCUT2D eigenvalue weighted by molar-refractivity contribution is 7.54.